The van der Waals surface area contributed by atoms with E-state index in [0.717, 1.165) is 33.2 Å². The van der Waals surface area contributed by atoms with Gasteiger partial charge in [-0.15, -0.1) is 28.0 Å². The number of thiophene rings is 1. The van der Waals surface area contributed by atoms with Crippen molar-refractivity contribution in [1.82, 2.24) is 20.1 Å². The van der Waals surface area contributed by atoms with E-state index in [2.05, 4.69) is 35.3 Å². The third-order valence-corrected chi connectivity index (χ3v) is 6.57. The Kier molecular flexibility index (Phi) is 5.46. The summed E-state index contributed by atoms with van der Waals surface area (Å²) in [6, 6.07) is 7.10. The number of aryl methyl sites for hydroxylation is 2. The zero-order valence-electron chi connectivity index (χ0n) is 16.9. The number of hydrogen-bond acceptors (Lipinski definition) is 5. The highest BCUT2D eigenvalue weighted by Crippen LogP contribution is 2.39. The molecular formula is C22H20ClN5OS. The fraction of sp³-hybridized carbons (Fsp3) is 0.273. The van der Waals surface area contributed by atoms with E-state index in [1.54, 1.807) is 11.3 Å². The van der Waals surface area contributed by atoms with Crippen molar-refractivity contribution in [3.63, 3.8) is 0 Å². The summed E-state index contributed by atoms with van der Waals surface area (Å²) in [6.45, 7) is 6.28. The number of aromatic nitrogens is 3. The van der Waals surface area contributed by atoms with Gasteiger partial charge in [-0.25, -0.2) is 0 Å². The molecule has 0 aliphatic carbocycles. The predicted molar refractivity (Wildman–Crippen MR) is 120 cm³/mol. The normalized spacial score (nSPS) is 14.9. The van der Waals surface area contributed by atoms with E-state index < -0.39 is 6.04 Å². The van der Waals surface area contributed by atoms with Gasteiger partial charge < -0.3 is 5.32 Å². The summed E-state index contributed by atoms with van der Waals surface area (Å²) >= 11 is 7.79. The molecule has 0 radical (unpaired) electrons. The molecule has 1 amide bonds. The molecule has 0 fully saturated rings. The lowest BCUT2D eigenvalue weighted by Crippen LogP contribution is -2.25. The molecular weight excluding hydrogens is 418 g/mol. The Balaban J connectivity index is 1.92. The summed E-state index contributed by atoms with van der Waals surface area (Å²) in [4.78, 5) is 18.7. The average Bonchev–Trinajstić information content (AvgIpc) is 3.19. The number of carbonyl (C=O) groups is 1. The number of rotatable bonds is 4. The quantitative estimate of drug-likeness (QED) is 0.628. The molecule has 1 aromatic carbocycles. The van der Waals surface area contributed by atoms with Gasteiger partial charge in [-0.2, -0.15) is 0 Å². The van der Waals surface area contributed by atoms with Crippen LogP contribution in [0.25, 0.3) is 5.00 Å². The van der Waals surface area contributed by atoms with Gasteiger partial charge in [-0.05, 0) is 38.5 Å². The molecule has 0 unspecified atom stereocenters. The Bertz CT molecular complexity index is 1200. The van der Waals surface area contributed by atoms with E-state index in [1.165, 1.54) is 4.88 Å². The maximum atomic E-state index is 12.5. The van der Waals surface area contributed by atoms with Gasteiger partial charge >= 0.3 is 0 Å². The molecule has 1 atom stereocenters. The number of carbonyl (C=O) groups excluding carboxylic acids is 1. The SMILES string of the molecule is C#CCNC(=O)C[C@H]1N=C(c2ccc(Cl)cc2)c2c(sc(C)c2C)-n2c(C)nnc21. The van der Waals surface area contributed by atoms with Crippen LogP contribution in [0.4, 0.5) is 0 Å². The van der Waals surface area contributed by atoms with Crippen molar-refractivity contribution in [2.75, 3.05) is 6.54 Å². The highest BCUT2D eigenvalue weighted by Gasteiger charge is 2.32. The number of nitrogens with zero attached hydrogens (tertiary/aromatic N) is 4. The first-order chi connectivity index (χ1) is 14.4. The molecule has 2 aromatic heterocycles. The largest absolute Gasteiger partial charge is 0.345 e. The second-order valence-corrected chi connectivity index (χ2v) is 8.73. The first kappa shape index (κ1) is 20.3. The summed E-state index contributed by atoms with van der Waals surface area (Å²) in [5.74, 6) is 3.65. The van der Waals surface area contributed by atoms with Crippen LogP contribution in [0.3, 0.4) is 0 Å². The third kappa shape index (κ3) is 3.53. The van der Waals surface area contributed by atoms with E-state index in [1.807, 2.05) is 35.8 Å². The van der Waals surface area contributed by atoms with Crippen molar-refractivity contribution in [1.29, 1.82) is 0 Å². The van der Waals surface area contributed by atoms with Gasteiger partial charge in [0.25, 0.3) is 0 Å². The van der Waals surface area contributed by atoms with Gasteiger partial charge in [0.1, 0.15) is 16.9 Å². The van der Waals surface area contributed by atoms with Crippen molar-refractivity contribution in [3.05, 3.63) is 62.5 Å². The Hall–Kier alpha value is -2.95. The molecule has 1 aliphatic rings. The van der Waals surface area contributed by atoms with Crippen LogP contribution in [0.15, 0.2) is 29.3 Å². The number of aliphatic imine (C=N–C) groups is 1. The Morgan fingerprint density at radius 3 is 2.70 bits per heavy atom. The van der Waals surface area contributed by atoms with Gasteiger partial charge in [-0.1, -0.05) is 29.7 Å². The van der Waals surface area contributed by atoms with Gasteiger partial charge in [0.05, 0.1) is 18.7 Å². The minimum Gasteiger partial charge on any atom is -0.345 e. The number of halogens is 1. The van der Waals surface area contributed by atoms with Crippen molar-refractivity contribution < 1.29 is 4.79 Å². The molecule has 152 valence electrons. The summed E-state index contributed by atoms with van der Waals surface area (Å²) in [5, 5.41) is 13.0. The second-order valence-electron chi connectivity index (χ2n) is 7.09. The van der Waals surface area contributed by atoms with Crippen LogP contribution in [0.5, 0.6) is 0 Å². The van der Waals surface area contributed by atoms with Crippen LogP contribution in [0, 0.1) is 33.1 Å². The van der Waals surface area contributed by atoms with Crippen LogP contribution in [0.1, 0.15) is 45.7 Å². The van der Waals surface area contributed by atoms with E-state index in [-0.39, 0.29) is 18.9 Å². The number of fused-ring (bicyclic) bond motifs is 3. The zero-order valence-corrected chi connectivity index (χ0v) is 18.4. The molecule has 1 aliphatic heterocycles. The topological polar surface area (TPSA) is 72.2 Å². The lowest BCUT2D eigenvalue weighted by molar-refractivity contribution is -0.121. The molecule has 3 aromatic rings. The molecule has 30 heavy (non-hydrogen) atoms. The maximum absolute atomic E-state index is 12.5. The third-order valence-electron chi connectivity index (χ3n) is 5.12. The van der Waals surface area contributed by atoms with E-state index in [9.17, 15) is 4.79 Å². The van der Waals surface area contributed by atoms with Crippen LogP contribution >= 0.6 is 22.9 Å². The van der Waals surface area contributed by atoms with E-state index >= 15 is 0 Å². The zero-order chi connectivity index (χ0) is 21.4. The number of terminal acetylenes is 1. The molecule has 0 saturated heterocycles. The lowest BCUT2D eigenvalue weighted by atomic mass is 9.99. The first-order valence-electron chi connectivity index (χ1n) is 9.47. The highest BCUT2D eigenvalue weighted by molar-refractivity contribution is 7.15. The molecule has 1 N–H and O–H groups in total. The number of benzene rings is 1. The summed E-state index contributed by atoms with van der Waals surface area (Å²) < 4.78 is 2.02. The van der Waals surface area contributed by atoms with Crippen molar-refractivity contribution in [2.24, 2.45) is 4.99 Å². The smallest absolute Gasteiger partial charge is 0.223 e. The maximum Gasteiger partial charge on any atom is 0.223 e. The first-order valence-corrected chi connectivity index (χ1v) is 10.7. The van der Waals surface area contributed by atoms with Gasteiger partial charge in [0, 0.05) is 21.0 Å². The number of amides is 1. The van der Waals surface area contributed by atoms with E-state index in [0.29, 0.717) is 10.8 Å². The van der Waals surface area contributed by atoms with E-state index in [4.69, 9.17) is 23.0 Å². The van der Waals surface area contributed by atoms with Gasteiger partial charge in [0.15, 0.2) is 5.82 Å². The fourth-order valence-corrected chi connectivity index (χ4v) is 4.87. The van der Waals surface area contributed by atoms with Crippen LogP contribution in [-0.2, 0) is 4.79 Å². The minimum absolute atomic E-state index is 0.129. The summed E-state index contributed by atoms with van der Waals surface area (Å²) in [7, 11) is 0. The standard InChI is InChI=1S/C22H20ClN5OS/c1-5-10-24-18(29)11-17-21-27-26-14(4)28(21)22-19(12(2)13(3)30-22)20(25-17)15-6-8-16(23)9-7-15/h1,6-9,17H,10-11H2,2-4H3,(H,24,29)/t17-/m1/s1. The Morgan fingerprint density at radius 2 is 2.00 bits per heavy atom. The monoisotopic (exact) mass is 437 g/mol. The molecule has 4 rings (SSSR count). The molecule has 0 saturated carbocycles. The average molecular weight is 438 g/mol. The lowest BCUT2D eigenvalue weighted by Gasteiger charge is -2.12. The van der Waals surface area contributed by atoms with Crippen molar-refractivity contribution in [2.45, 2.75) is 33.2 Å². The summed E-state index contributed by atoms with van der Waals surface area (Å²) in [6.07, 6.45) is 5.40. The minimum atomic E-state index is -0.492. The van der Waals surface area contributed by atoms with Gasteiger partial charge in [-0.3, -0.25) is 14.4 Å². The molecule has 0 bridgehead atoms. The highest BCUT2D eigenvalue weighted by atomic mass is 35.5. The predicted octanol–water partition coefficient (Wildman–Crippen LogP) is 3.94. The Morgan fingerprint density at radius 1 is 1.27 bits per heavy atom. The Labute approximate surface area is 184 Å². The van der Waals surface area contributed by atoms with Crippen LogP contribution < -0.4 is 5.32 Å². The second kappa shape index (κ2) is 8.05. The molecule has 0 spiro atoms. The van der Waals surface area contributed by atoms with Crippen LogP contribution in [0.2, 0.25) is 5.02 Å². The van der Waals surface area contributed by atoms with Crippen LogP contribution in [-0.4, -0.2) is 32.9 Å². The molecule has 6 nitrogen and oxygen atoms in total. The summed E-state index contributed by atoms with van der Waals surface area (Å²) in [5.41, 5.74) is 3.95. The number of hydrogen-bond donors (Lipinski definition) is 1. The fourth-order valence-electron chi connectivity index (χ4n) is 3.53. The molecule has 3 heterocycles. The van der Waals surface area contributed by atoms with Crippen molar-refractivity contribution >= 4 is 34.6 Å². The van der Waals surface area contributed by atoms with Gasteiger partial charge in [0.2, 0.25) is 5.91 Å². The molecule has 8 heteroatoms. The number of nitrogens with one attached hydrogen (secondary N) is 1. The van der Waals surface area contributed by atoms with Crippen molar-refractivity contribution in [3.8, 4) is 17.3 Å².